The molecule has 0 radical (unpaired) electrons. The van der Waals surface area contributed by atoms with Gasteiger partial charge in [0.1, 0.15) is 29.8 Å². The molecule has 0 aromatic carbocycles. The van der Waals surface area contributed by atoms with Crippen molar-refractivity contribution < 1.29 is 9.68 Å². The number of aromatic nitrogens is 2. The summed E-state index contributed by atoms with van der Waals surface area (Å²) in [6.45, 7) is 10.8. The van der Waals surface area contributed by atoms with Crippen molar-refractivity contribution >= 4 is 23.0 Å². The van der Waals surface area contributed by atoms with Gasteiger partial charge in [0.15, 0.2) is 0 Å². The van der Waals surface area contributed by atoms with Gasteiger partial charge in [0.05, 0.1) is 11.4 Å². The Labute approximate surface area is 183 Å². The first-order chi connectivity index (χ1) is 14.2. The highest BCUT2D eigenvalue weighted by Gasteiger charge is 2.22. The molecule has 0 aliphatic heterocycles. The van der Waals surface area contributed by atoms with E-state index in [4.69, 9.17) is 21.3 Å². The van der Waals surface area contributed by atoms with Crippen LogP contribution < -0.4 is 0 Å². The lowest BCUT2D eigenvalue weighted by molar-refractivity contribution is -0.000158. The molecule has 0 unspecified atom stereocenters. The van der Waals surface area contributed by atoms with Gasteiger partial charge in [-0.2, -0.15) is 0 Å². The predicted octanol–water partition coefficient (Wildman–Crippen LogP) is 5.27. The number of nitrogens with zero attached hydrogens (tertiary/aromatic N) is 4. The second-order valence-electron chi connectivity index (χ2n) is 8.59. The largest absolute Gasteiger partial charge is 0.395 e. The van der Waals surface area contributed by atoms with E-state index in [0.29, 0.717) is 18.4 Å². The normalized spacial score (nSPS) is 15.8. The maximum absolute atomic E-state index is 6.05. The smallest absolute Gasteiger partial charge is 0.129 e. The Morgan fingerprint density at radius 2 is 1.87 bits per heavy atom. The van der Waals surface area contributed by atoms with Crippen molar-refractivity contribution in [3.8, 4) is 0 Å². The molecule has 160 valence electrons. The van der Waals surface area contributed by atoms with Gasteiger partial charge in [0, 0.05) is 11.1 Å². The summed E-state index contributed by atoms with van der Waals surface area (Å²) in [5.74, 6) is 0. The maximum Gasteiger partial charge on any atom is 0.129 e. The number of fused-ring (bicyclic) bond motifs is 1. The molecule has 0 saturated heterocycles. The third-order valence-corrected chi connectivity index (χ3v) is 5.04. The summed E-state index contributed by atoms with van der Waals surface area (Å²) in [7, 11) is 0. The zero-order chi connectivity index (χ0) is 21.7. The topological polar surface area (TPSA) is 69.0 Å². The molecule has 7 heteroatoms. The van der Waals surface area contributed by atoms with Crippen molar-refractivity contribution in [2.24, 2.45) is 15.7 Å². The molecule has 2 aromatic heterocycles. The third-order valence-electron chi connectivity index (χ3n) is 4.83. The monoisotopic (exact) mass is 428 g/mol. The molecule has 2 heterocycles. The molecule has 0 atom stereocenters. The van der Waals surface area contributed by atoms with Crippen LogP contribution >= 0.6 is 11.6 Å². The van der Waals surface area contributed by atoms with Crippen molar-refractivity contribution in [2.45, 2.75) is 53.9 Å². The van der Waals surface area contributed by atoms with Crippen LogP contribution in [-0.4, -0.2) is 34.6 Å². The molecule has 0 spiro atoms. The molecular weight excluding hydrogens is 400 g/mol. The molecule has 0 fully saturated rings. The van der Waals surface area contributed by atoms with E-state index in [1.54, 1.807) is 0 Å². The predicted molar refractivity (Wildman–Crippen MR) is 120 cm³/mol. The van der Waals surface area contributed by atoms with E-state index >= 15 is 0 Å². The molecule has 0 amide bonds. The van der Waals surface area contributed by atoms with Gasteiger partial charge in [-0.1, -0.05) is 41.8 Å². The van der Waals surface area contributed by atoms with Gasteiger partial charge in [-0.3, -0.25) is 4.98 Å². The maximum atomic E-state index is 6.05. The van der Waals surface area contributed by atoms with Gasteiger partial charge in [-0.05, 0) is 69.4 Å². The van der Waals surface area contributed by atoms with Crippen LogP contribution in [0.2, 0.25) is 5.15 Å². The van der Waals surface area contributed by atoms with Crippen LogP contribution in [0.1, 0.15) is 61.8 Å². The fourth-order valence-corrected chi connectivity index (χ4v) is 3.42. The molecule has 3 rings (SSSR count). The van der Waals surface area contributed by atoms with Crippen LogP contribution in [0.4, 0.5) is 0 Å². The fourth-order valence-electron chi connectivity index (χ4n) is 3.27. The second kappa shape index (κ2) is 9.56. The Bertz CT molecular complexity index is 949. The average Bonchev–Trinajstić information content (AvgIpc) is 2.67. The zero-order valence-electron chi connectivity index (χ0n) is 18.3. The highest BCUT2D eigenvalue weighted by Crippen LogP contribution is 2.23. The van der Waals surface area contributed by atoms with Crippen LogP contribution in [-0.2, 0) is 16.1 Å². The Kier molecular flexibility index (Phi) is 7.08. The minimum Gasteiger partial charge on any atom is -0.395 e. The van der Waals surface area contributed by atoms with Gasteiger partial charge in [0.2, 0.25) is 0 Å². The molecule has 6 nitrogen and oxygen atoms in total. The first-order valence-electron chi connectivity index (χ1n) is 10.2. The van der Waals surface area contributed by atoms with Crippen molar-refractivity contribution in [1.29, 1.82) is 0 Å². The van der Waals surface area contributed by atoms with Crippen LogP contribution in [0, 0.1) is 19.3 Å². The number of hydrogen-bond donors (Lipinski definition) is 0. The highest BCUT2D eigenvalue weighted by atomic mass is 35.5. The van der Waals surface area contributed by atoms with Gasteiger partial charge in [-0.15, -0.1) is 0 Å². The molecule has 0 bridgehead atoms. The zero-order valence-corrected chi connectivity index (χ0v) is 19.1. The summed E-state index contributed by atoms with van der Waals surface area (Å²) in [4.78, 5) is 20.2. The van der Waals surface area contributed by atoms with Gasteiger partial charge < -0.3 is 9.68 Å². The van der Waals surface area contributed by atoms with E-state index < -0.39 is 0 Å². The van der Waals surface area contributed by atoms with Crippen molar-refractivity contribution in [2.75, 3.05) is 13.2 Å². The quantitative estimate of drug-likeness (QED) is 0.342. The number of oxime groups is 2. The van der Waals surface area contributed by atoms with Crippen LogP contribution in [0.25, 0.3) is 0 Å². The number of aryl methyl sites for hydroxylation is 3. The Balaban J connectivity index is 1.56. The van der Waals surface area contributed by atoms with Crippen LogP contribution in [0.5, 0.6) is 0 Å². The lowest BCUT2D eigenvalue weighted by Crippen LogP contribution is -2.24. The molecule has 0 saturated carbocycles. The molecule has 2 aromatic rings. The van der Waals surface area contributed by atoms with Crippen molar-refractivity contribution in [3.63, 3.8) is 0 Å². The summed E-state index contributed by atoms with van der Waals surface area (Å²) < 4.78 is 0. The number of pyridine rings is 2. The van der Waals surface area contributed by atoms with Crippen LogP contribution in [0.3, 0.4) is 0 Å². The van der Waals surface area contributed by atoms with Crippen LogP contribution in [0.15, 0.2) is 34.6 Å². The first kappa shape index (κ1) is 22.2. The number of hydrogen-bond acceptors (Lipinski definition) is 6. The highest BCUT2D eigenvalue weighted by molar-refractivity contribution is 6.29. The van der Waals surface area contributed by atoms with E-state index in [2.05, 4.69) is 34.1 Å². The SMILES string of the molecule is C/C(=N\OCC(C)(C)CO/N=C1\CCCc2ccc(Cl)nc21)c1cc(C)cc(C)n1. The van der Waals surface area contributed by atoms with Gasteiger partial charge >= 0.3 is 0 Å². The minimum atomic E-state index is -0.261. The van der Waals surface area contributed by atoms with Crippen molar-refractivity contribution in [3.05, 3.63) is 57.6 Å². The molecular formula is C23H29ClN4O2. The summed E-state index contributed by atoms with van der Waals surface area (Å²) in [6, 6.07) is 7.87. The van der Waals surface area contributed by atoms with Crippen molar-refractivity contribution in [1.82, 2.24) is 9.97 Å². The molecule has 1 aliphatic carbocycles. The van der Waals surface area contributed by atoms with E-state index in [0.717, 1.165) is 53.3 Å². The third kappa shape index (κ3) is 6.02. The number of rotatable bonds is 7. The summed E-state index contributed by atoms with van der Waals surface area (Å²) in [5, 5.41) is 9.07. The van der Waals surface area contributed by atoms with E-state index in [1.165, 1.54) is 5.56 Å². The lowest BCUT2D eigenvalue weighted by Gasteiger charge is -2.22. The van der Waals surface area contributed by atoms with E-state index in [9.17, 15) is 0 Å². The Hall–Kier alpha value is -2.47. The minimum absolute atomic E-state index is 0.261. The summed E-state index contributed by atoms with van der Waals surface area (Å²) in [5.41, 5.74) is 6.31. The number of halogens is 1. The standard InChI is InChI=1S/C23H29ClN4O2/c1-15-11-16(2)25-20(12-15)17(3)27-29-13-23(4,5)14-30-28-19-8-6-7-18-9-10-21(24)26-22(18)19/h9-12H,6-8,13-14H2,1-5H3/b27-17+,28-19+. The summed E-state index contributed by atoms with van der Waals surface area (Å²) in [6.07, 6.45) is 2.86. The van der Waals surface area contributed by atoms with E-state index in [-0.39, 0.29) is 5.41 Å². The Morgan fingerprint density at radius 1 is 1.10 bits per heavy atom. The molecule has 1 aliphatic rings. The van der Waals surface area contributed by atoms with Gasteiger partial charge in [0.25, 0.3) is 0 Å². The lowest BCUT2D eigenvalue weighted by atomic mass is 9.94. The first-order valence-corrected chi connectivity index (χ1v) is 10.6. The average molecular weight is 429 g/mol. The second-order valence-corrected chi connectivity index (χ2v) is 8.98. The molecule has 0 N–H and O–H groups in total. The summed E-state index contributed by atoms with van der Waals surface area (Å²) >= 11 is 6.05. The fraction of sp³-hybridized carbons (Fsp3) is 0.478. The molecule has 30 heavy (non-hydrogen) atoms. The Morgan fingerprint density at radius 3 is 2.63 bits per heavy atom. The van der Waals surface area contributed by atoms with Gasteiger partial charge in [-0.25, -0.2) is 4.98 Å². The van der Waals surface area contributed by atoms with E-state index in [1.807, 2.05) is 45.0 Å².